The smallest absolute Gasteiger partial charge is 0.267 e. The van der Waals surface area contributed by atoms with Gasteiger partial charge in [-0.1, -0.05) is 29.3 Å². The fourth-order valence-corrected chi connectivity index (χ4v) is 2.45. The van der Waals surface area contributed by atoms with Crippen LogP contribution >= 0.6 is 23.2 Å². The van der Waals surface area contributed by atoms with Crippen LogP contribution in [-0.4, -0.2) is 22.4 Å². The molecular formula is C19H20Cl2N2O2. The number of carbonyl (C=O) groups excluding carboxylic acids is 2. The van der Waals surface area contributed by atoms with Crippen molar-refractivity contribution in [2.75, 3.05) is 0 Å². The average molecular weight is 379 g/mol. The summed E-state index contributed by atoms with van der Waals surface area (Å²) in [5.41, 5.74) is 3.75. The lowest BCUT2D eigenvalue weighted by atomic mass is 10.1. The van der Waals surface area contributed by atoms with E-state index in [1.165, 1.54) is 5.01 Å². The molecule has 0 aromatic heterocycles. The van der Waals surface area contributed by atoms with Gasteiger partial charge in [-0.15, -0.1) is 0 Å². The van der Waals surface area contributed by atoms with Crippen LogP contribution in [0, 0.1) is 6.92 Å². The quantitative estimate of drug-likeness (QED) is 0.756. The van der Waals surface area contributed by atoms with Crippen LogP contribution < -0.4 is 5.43 Å². The summed E-state index contributed by atoms with van der Waals surface area (Å²) in [6.45, 7) is 7.37. The molecule has 2 rings (SSSR count). The van der Waals surface area contributed by atoms with Gasteiger partial charge in [-0.2, -0.15) is 0 Å². The van der Waals surface area contributed by atoms with E-state index in [0.717, 1.165) is 5.56 Å². The van der Waals surface area contributed by atoms with Gasteiger partial charge in [0.05, 0.1) is 5.54 Å². The lowest BCUT2D eigenvalue weighted by molar-refractivity contribution is 0.0358. The summed E-state index contributed by atoms with van der Waals surface area (Å²) in [6, 6.07) is 11.5. The summed E-state index contributed by atoms with van der Waals surface area (Å²) in [7, 11) is 0. The Kier molecular flexibility index (Phi) is 5.76. The van der Waals surface area contributed by atoms with E-state index in [4.69, 9.17) is 23.2 Å². The molecule has 0 aliphatic carbocycles. The minimum Gasteiger partial charge on any atom is -0.267 e. The number of aryl methyl sites for hydroxylation is 1. The number of amides is 2. The van der Waals surface area contributed by atoms with Gasteiger partial charge in [0, 0.05) is 21.2 Å². The van der Waals surface area contributed by atoms with Gasteiger partial charge < -0.3 is 0 Å². The molecule has 0 saturated heterocycles. The number of hydrogen-bond donors (Lipinski definition) is 1. The molecule has 0 heterocycles. The molecule has 0 saturated carbocycles. The lowest BCUT2D eigenvalue weighted by Crippen LogP contribution is -2.55. The van der Waals surface area contributed by atoms with Gasteiger partial charge in [0.15, 0.2) is 0 Å². The summed E-state index contributed by atoms with van der Waals surface area (Å²) in [6.07, 6.45) is 0. The zero-order valence-corrected chi connectivity index (χ0v) is 16.1. The highest BCUT2D eigenvalue weighted by atomic mass is 35.5. The Morgan fingerprint density at radius 1 is 0.960 bits per heavy atom. The highest BCUT2D eigenvalue weighted by Crippen LogP contribution is 2.19. The first kappa shape index (κ1) is 19.3. The van der Waals surface area contributed by atoms with Crippen LogP contribution in [0.5, 0.6) is 0 Å². The van der Waals surface area contributed by atoms with Gasteiger partial charge in [0.1, 0.15) is 0 Å². The zero-order chi connectivity index (χ0) is 18.8. The van der Waals surface area contributed by atoms with Gasteiger partial charge in [-0.25, -0.2) is 5.01 Å². The number of hydrogen-bond acceptors (Lipinski definition) is 2. The van der Waals surface area contributed by atoms with E-state index < -0.39 is 11.4 Å². The van der Waals surface area contributed by atoms with E-state index in [-0.39, 0.29) is 5.91 Å². The number of carbonyl (C=O) groups is 2. The first-order valence-corrected chi connectivity index (χ1v) is 8.52. The maximum absolute atomic E-state index is 12.8. The van der Waals surface area contributed by atoms with Gasteiger partial charge in [0.25, 0.3) is 11.8 Å². The minimum atomic E-state index is -0.624. The second-order valence-electron chi connectivity index (χ2n) is 6.72. The molecule has 0 radical (unpaired) electrons. The second kappa shape index (κ2) is 7.46. The van der Waals surface area contributed by atoms with Crippen LogP contribution in [0.2, 0.25) is 10.0 Å². The highest BCUT2D eigenvalue weighted by molar-refractivity contribution is 6.31. The van der Waals surface area contributed by atoms with E-state index in [1.54, 1.807) is 42.5 Å². The molecule has 0 unspecified atom stereocenters. The number of nitrogens with one attached hydrogen (secondary N) is 1. The molecule has 1 N–H and O–H groups in total. The molecule has 6 heteroatoms. The number of halogens is 2. The molecule has 0 aliphatic rings. The van der Waals surface area contributed by atoms with Crippen molar-refractivity contribution >= 4 is 35.0 Å². The first-order valence-electron chi connectivity index (χ1n) is 7.77. The Morgan fingerprint density at radius 3 is 2.04 bits per heavy atom. The average Bonchev–Trinajstić information content (AvgIpc) is 2.54. The molecule has 0 aliphatic heterocycles. The van der Waals surface area contributed by atoms with Gasteiger partial charge in [-0.05, 0) is 69.7 Å². The first-order chi connectivity index (χ1) is 11.6. The molecule has 2 amide bonds. The van der Waals surface area contributed by atoms with Crippen molar-refractivity contribution in [3.8, 4) is 0 Å². The Hall–Kier alpha value is -2.04. The molecule has 0 fully saturated rings. The summed E-state index contributed by atoms with van der Waals surface area (Å²) in [5, 5.41) is 2.35. The Morgan fingerprint density at radius 2 is 1.52 bits per heavy atom. The van der Waals surface area contributed by atoms with Crippen LogP contribution in [0.1, 0.15) is 47.1 Å². The maximum Gasteiger partial charge on any atom is 0.272 e. The molecular weight excluding hydrogens is 359 g/mol. The number of rotatable bonds is 2. The van der Waals surface area contributed by atoms with Crippen molar-refractivity contribution in [1.82, 2.24) is 10.4 Å². The monoisotopic (exact) mass is 378 g/mol. The molecule has 25 heavy (non-hydrogen) atoms. The summed E-state index contributed by atoms with van der Waals surface area (Å²) in [4.78, 5) is 25.4. The summed E-state index contributed by atoms with van der Waals surface area (Å²) < 4.78 is 0. The van der Waals surface area contributed by atoms with Gasteiger partial charge >= 0.3 is 0 Å². The van der Waals surface area contributed by atoms with Crippen molar-refractivity contribution < 1.29 is 9.59 Å². The van der Waals surface area contributed by atoms with E-state index in [2.05, 4.69) is 5.43 Å². The van der Waals surface area contributed by atoms with Crippen molar-refractivity contribution in [2.24, 2.45) is 0 Å². The highest BCUT2D eigenvalue weighted by Gasteiger charge is 2.29. The lowest BCUT2D eigenvalue weighted by Gasteiger charge is -2.35. The molecule has 132 valence electrons. The largest absolute Gasteiger partial charge is 0.272 e. The van der Waals surface area contributed by atoms with Crippen LogP contribution in [-0.2, 0) is 0 Å². The number of nitrogens with zero attached hydrogens (tertiary/aromatic N) is 1. The predicted octanol–water partition coefficient (Wildman–Crippen LogP) is 4.89. The van der Waals surface area contributed by atoms with E-state index in [1.807, 2.05) is 27.7 Å². The van der Waals surface area contributed by atoms with Crippen LogP contribution in [0.3, 0.4) is 0 Å². The Balaban J connectivity index is 2.28. The zero-order valence-electron chi connectivity index (χ0n) is 14.6. The second-order valence-corrected chi connectivity index (χ2v) is 7.57. The van der Waals surface area contributed by atoms with Crippen molar-refractivity contribution in [1.29, 1.82) is 0 Å². The Bertz CT molecular complexity index is 796. The minimum absolute atomic E-state index is 0.323. The van der Waals surface area contributed by atoms with Gasteiger partial charge in [-0.3, -0.25) is 15.0 Å². The number of hydrazine groups is 1. The summed E-state index contributed by atoms with van der Waals surface area (Å²) in [5.74, 6) is -0.727. The van der Waals surface area contributed by atoms with Crippen molar-refractivity contribution in [2.45, 2.75) is 33.2 Å². The van der Waals surface area contributed by atoms with Crippen LogP contribution in [0.4, 0.5) is 0 Å². The molecule has 0 atom stereocenters. The SMILES string of the molecule is Cc1ccc(C(=O)NN(C(=O)c2ccc(Cl)cc2)C(C)(C)C)cc1Cl. The Labute approximate surface area is 157 Å². The van der Waals surface area contributed by atoms with E-state index >= 15 is 0 Å². The topological polar surface area (TPSA) is 49.4 Å². The third kappa shape index (κ3) is 4.74. The standard InChI is InChI=1S/C19H20Cl2N2O2/c1-12-5-6-14(11-16(12)21)17(24)22-23(19(2,3)4)18(25)13-7-9-15(20)10-8-13/h5-11H,1-4H3,(H,22,24). The molecule has 0 spiro atoms. The molecule has 0 bridgehead atoms. The third-order valence-corrected chi connectivity index (χ3v) is 4.27. The predicted molar refractivity (Wildman–Crippen MR) is 101 cm³/mol. The molecule has 2 aromatic rings. The van der Waals surface area contributed by atoms with Crippen LogP contribution in [0.25, 0.3) is 0 Å². The molecule has 4 nitrogen and oxygen atoms in total. The van der Waals surface area contributed by atoms with Gasteiger partial charge in [0.2, 0.25) is 0 Å². The third-order valence-electron chi connectivity index (χ3n) is 3.61. The number of benzene rings is 2. The van der Waals surface area contributed by atoms with Crippen molar-refractivity contribution in [3.63, 3.8) is 0 Å². The normalized spacial score (nSPS) is 11.1. The summed E-state index contributed by atoms with van der Waals surface area (Å²) >= 11 is 12.0. The van der Waals surface area contributed by atoms with E-state index in [9.17, 15) is 9.59 Å². The van der Waals surface area contributed by atoms with E-state index in [0.29, 0.717) is 21.2 Å². The fraction of sp³-hybridized carbons (Fsp3) is 0.263. The van der Waals surface area contributed by atoms with Crippen molar-refractivity contribution in [3.05, 3.63) is 69.2 Å². The maximum atomic E-state index is 12.8. The fourth-order valence-electron chi connectivity index (χ4n) is 2.14. The van der Waals surface area contributed by atoms with Crippen LogP contribution in [0.15, 0.2) is 42.5 Å². The molecule has 2 aromatic carbocycles.